The molecular weight excluding hydrogens is 281 g/mol. The van der Waals surface area contributed by atoms with Gasteiger partial charge in [0.2, 0.25) is 0 Å². The molecule has 2 N–H and O–H groups in total. The topological polar surface area (TPSA) is 48.1 Å². The van der Waals surface area contributed by atoms with Gasteiger partial charge in [-0.1, -0.05) is 29.8 Å². The number of hydrogen-bond donors (Lipinski definition) is 1. The fourth-order valence-corrected chi connectivity index (χ4v) is 1.63. The van der Waals surface area contributed by atoms with Crippen LogP contribution in [0.15, 0.2) is 36.5 Å². The molecule has 0 aliphatic carbocycles. The predicted octanol–water partition coefficient (Wildman–Crippen LogP) is 3.88. The molecular formula is C12H8ClF3N2O. The van der Waals surface area contributed by atoms with E-state index in [2.05, 4.69) is 9.72 Å². The van der Waals surface area contributed by atoms with Gasteiger partial charge in [-0.2, -0.15) is 0 Å². The van der Waals surface area contributed by atoms with Crippen LogP contribution in [0.4, 0.5) is 18.9 Å². The Kier molecular flexibility index (Phi) is 3.53. The number of rotatable bonds is 2. The minimum absolute atomic E-state index is 0.0953. The Balaban J connectivity index is 2.47. The molecule has 2 aromatic rings. The van der Waals surface area contributed by atoms with Gasteiger partial charge >= 0.3 is 6.36 Å². The number of pyridine rings is 1. The third kappa shape index (κ3) is 3.29. The highest BCUT2D eigenvalue weighted by Crippen LogP contribution is 2.34. The number of halogens is 4. The minimum atomic E-state index is -4.76. The van der Waals surface area contributed by atoms with Gasteiger partial charge in [0, 0.05) is 17.3 Å². The lowest BCUT2D eigenvalue weighted by molar-refractivity contribution is -0.274. The number of para-hydroxylation sites is 1. The summed E-state index contributed by atoms with van der Waals surface area (Å²) in [5.74, 6) is -0.321. The van der Waals surface area contributed by atoms with Crippen molar-refractivity contribution in [3.8, 4) is 16.9 Å². The number of nitrogens with two attached hydrogens (primary N) is 1. The van der Waals surface area contributed by atoms with Crippen LogP contribution < -0.4 is 10.5 Å². The van der Waals surface area contributed by atoms with Gasteiger partial charge in [-0.25, -0.2) is 4.98 Å². The highest BCUT2D eigenvalue weighted by Gasteiger charge is 2.32. The van der Waals surface area contributed by atoms with E-state index in [0.29, 0.717) is 5.56 Å². The molecule has 0 amide bonds. The van der Waals surface area contributed by atoms with Crippen molar-refractivity contribution < 1.29 is 17.9 Å². The van der Waals surface area contributed by atoms with Crippen molar-refractivity contribution in [2.75, 3.05) is 5.73 Å². The summed E-state index contributed by atoms with van der Waals surface area (Å²) < 4.78 is 40.8. The summed E-state index contributed by atoms with van der Waals surface area (Å²) in [6, 6.07) is 7.16. The lowest BCUT2D eigenvalue weighted by Crippen LogP contribution is -2.17. The van der Waals surface area contributed by atoms with Crippen molar-refractivity contribution in [3.05, 3.63) is 41.7 Å². The van der Waals surface area contributed by atoms with Gasteiger partial charge < -0.3 is 10.5 Å². The maximum absolute atomic E-state index is 12.3. The number of anilines is 1. The first-order chi connectivity index (χ1) is 8.87. The Morgan fingerprint density at radius 1 is 1.21 bits per heavy atom. The van der Waals surface area contributed by atoms with E-state index < -0.39 is 6.36 Å². The maximum atomic E-state index is 12.3. The van der Waals surface area contributed by atoms with E-state index in [1.165, 1.54) is 30.5 Å². The quantitative estimate of drug-likeness (QED) is 0.853. The fraction of sp³-hybridized carbons (Fsp3) is 0.0833. The largest absolute Gasteiger partial charge is 0.573 e. The third-order valence-corrected chi connectivity index (χ3v) is 2.61. The van der Waals surface area contributed by atoms with Gasteiger partial charge in [0.05, 0.1) is 5.69 Å². The van der Waals surface area contributed by atoms with E-state index in [9.17, 15) is 13.2 Å². The highest BCUT2D eigenvalue weighted by molar-refractivity contribution is 6.31. The minimum Gasteiger partial charge on any atom is -0.405 e. The molecule has 1 heterocycles. The normalized spacial score (nSPS) is 11.4. The van der Waals surface area contributed by atoms with Crippen LogP contribution in [-0.2, 0) is 0 Å². The summed E-state index contributed by atoms with van der Waals surface area (Å²) in [7, 11) is 0. The van der Waals surface area contributed by atoms with Crippen LogP contribution in [-0.4, -0.2) is 11.3 Å². The molecule has 7 heteroatoms. The van der Waals surface area contributed by atoms with Gasteiger partial charge in [0.25, 0.3) is 0 Å². The van der Waals surface area contributed by atoms with E-state index in [1.807, 2.05) is 0 Å². The average Bonchev–Trinajstić information content (AvgIpc) is 2.31. The molecule has 3 nitrogen and oxygen atoms in total. The standard InChI is InChI=1S/C12H8ClF3N2O/c13-11-9(17)5-7(6-18-11)8-3-1-2-4-10(8)19-12(14,15)16/h1-6H,17H2. The number of alkyl halides is 3. The van der Waals surface area contributed by atoms with Crippen molar-refractivity contribution in [2.24, 2.45) is 0 Å². The zero-order valence-electron chi connectivity index (χ0n) is 9.41. The third-order valence-electron chi connectivity index (χ3n) is 2.29. The van der Waals surface area contributed by atoms with Crippen molar-refractivity contribution in [1.82, 2.24) is 4.98 Å². The van der Waals surface area contributed by atoms with Crippen molar-refractivity contribution in [1.29, 1.82) is 0 Å². The van der Waals surface area contributed by atoms with E-state index in [0.717, 1.165) is 0 Å². The van der Waals surface area contributed by atoms with Crippen LogP contribution in [0, 0.1) is 0 Å². The molecule has 0 unspecified atom stereocenters. The zero-order chi connectivity index (χ0) is 14.0. The first-order valence-corrected chi connectivity index (χ1v) is 5.51. The molecule has 0 bridgehead atoms. The second kappa shape index (κ2) is 4.97. The first kappa shape index (κ1) is 13.5. The Labute approximate surface area is 111 Å². The molecule has 0 saturated carbocycles. The molecule has 0 spiro atoms. The average molecular weight is 289 g/mol. The molecule has 1 aromatic carbocycles. The molecule has 19 heavy (non-hydrogen) atoms. The van der Waals surface area contributed by atoms with Crippen LogP contribution in [0.3, 0.4) is 0 Å². The summed E-state index contributed by atoms with van der Waals surface area (Å²) in [6.45, 7) is 0. The second-order valence-electron chi connectivity index (χ2n) is 3.65. The Morgan fingerprint density at radius 2 is 1.89 bits per heavy atom. The molecule has 0 fully saturated rings. The van der Waals surface area contributed by atoms with E-state index >= 15 is 0 Å². The SMILES string of the molecule is Nc1cc(-c2ccccc2OC(F)(F)F)cnc1Cl. The Morgan fingerprint density at radius 3 is 2.53 bits per heavy atom. The second-order valence-corrected chi connectivity index (χ2v) is 4.01. The number of benzene rings is 1. The summed E-state index contributed by atoms with van der Waals surface area (Å²) >= 11 is 5.67. The zero-order valence-corrected chi connectivity index (χ0v) is 10.2. The summed E-state index contributed by atoms with van der Waals surface area (Å²) in [6.07, 6.45) is -3.43. The van der Waals surface area contributed by atoms with Crippen LogP contribution in [0.25, 0.3) is 11.1 Å². The Bertz CT molecular complexity index is 602. The van der Waals surface area contributed by atoms with Crippen molar-refractivity contribution in [3.63, 3.8) is 0 Å². The number of aromatic nitrogens is 1. The monoisotopic (exact) mass is 288 g/mol. The molecule has 0 saturated heterocycles. The smallest absolute Gasteiger partial charge is 0.405 e. The van der Waals surface area contributed by atoms with Crippen LogP contribution in [0.1, 0.15) is 0 Å². The van der Waals surface area contributed by atoms with E-state index in [1.54, 1.807) is 6.07 Å². The lowest BCUT2D eigenvalue weighted by atomic mass is 10.1. The molecule has 2 rings (SSSR count). The summed E-state index contributed by atoms with van der Waals surface area (Å²) in [5.41, 5.74) is 6.38. The van der Waals surface area contributed by atoms with Crippen LogP contribution in [0.5, 0.6) is 5.75 Å². The first-order valence-electron chi connectivity index (χ1n) is 5.13. The number of nitrogen functional groups attached to an aromatic ring is 1. The van der Waals surface area contributed by atoms with Crippen molar-refractivity contribution in [2.45, 2.75) is 6.36 Å². The lowest BCUT2D eigenvalue weighted by Gasteiger charge is -2.13. The van der Waals surface area contributed by atoms with Gasteiger partial charge in [0.15, 0.2) is 5.15 Å². The molecule has 0 aliphatic heterocycles. The summed E-state index contributed by atoms with van der Waals surface area (Å²) in [5, 5.41) is 0.0953. The maximum Gasteiger partial charge on any atom is 0.573 e. The van der Waals surface area contributed by atoms with Gasteiger partial charge in [-0.05, 0) is 12.1 Å². The number of hydrogen-bond acceptors (Lipinski definition) is 3. The molecule has 1 aromatic heterocycles. The Hall–Kier alpha value is -1.95. The predicted molar refractivity (Wildman–Crippen MR) is 65.8 cm³/mol. The molecule has 0 radical (unpaired) electrons. The van der Waals surface area contributed by atoms with Gasteiger partial charge in [-0.15, -0.1) is 13.2 Å². The number of nitrogens with zero attached hydrogens (tertiary/aromatic N) is 1. The van der Waals surface area contributed by atoms with Crippen molar-refractivity contribution >= 4 is 17.3 Å². The molecule has 0 aliphatic rings. The van der Waals surface area contributed by atoms with E-state index in [-0.39, 0.29) is 22.2 Å². The fourth-order valence-electron chi connectivity index (χ4n) is 1.53. The van der Waals surface area contributed by atoms with E-state index in [4.69, 9.17) is 17.3 Å². The molecule has 0 atom stereocenters. The van der Waals surface area contributed by atoms with Gasteiger partial charge in [-0.3, -0.25) is 0 Å². The summed E-state index contributed by atoms with van der Waals surface area (Å²) in [4.78, 5) is 3.80. The van der Waals surface area contributed by atoms with Gasteiger partial charge in [0.1, 0.15) is 5.75 Å². The number of ether oxygens (including phenoxy) is 1. The molecule has 100 valence electrons. The van der Waals surface area contributed by atoms with Crippen LogP contribution >= 0.6 is 11.6 Å². The van der Waals surface area contributed by atoms with Crippen LogP contribution in [0.2, 0.25) is 5.15 Å². The highest BCUT2D eigenvalue weighted by atomic mass is 35.5.